The molecule has 1 rings (SSSR count). The summed E-state index contributed by atoms with van der Waals surface area (Å²) in [6.07, 6.45) is 0. The van der Waals surface area contributed by atoms with Crippen molar-refractivity contribution < 1.29 is 0 Å². The van der Waals surface area contributed by atoms with E-state index in [1.165, 1.54) is 0 Å². The summed E-state index contributed by atoms with van der Waals surface area (Å²) in [6, 6.07) is 0. The minimum Gasteiger partial charge on any atom is -0.115 e. The van der Waals surface area contributed by atoms with Crippen LogP contribution in [-0.2, 0) is 0 Å². The van der Waals surface area contributed by atoms with E-state index in [0.29, 0.717) is 0 Å². The van der Waals surface area contributed by atoms with Gasteiger partial charge in [-0.05, 0) is 0 Å². The van der Waals surface area contributed by atoms with Gasteiger partial charge in [0.1, 0.15) is 0 Å². The molecule has 0 radical (unpaired) electrons. The zero-order valence-electron chi connectivity index (χ0n) is 2.82. The summed E-state index contributed by atoms with van der Waals surface area (Å²) in [6.45, 7) is 0. The van der Waals surface area contributed by atoms with Crippen LogP contribution in [0.15, 0.2) is 0 Å². The van der Waals surface area contributed by atoms with Crippen molar-refractivity contribution in [3.8, 4) is 0 Å². The third kappa shape index (κ3) is 0.552. The fourth-order valence-electron chi connectivity index (χ4n) is 0.182. The molecule has 0 spiro atoms. The van der Waals surface area contributed by atoms with E-state index in [1.807, 2.05) is 0 Å². The Balaban J connectivity index is 2.51. The quantitative estimate of drug-likeness (QED) is 0.364. The molecule has 34 valence electrons. The minimum absolute atomic E-state index is 0.0123. The maximum atomic E-state index is 5.41. The van der Waals surface area contributed by atoms with Crippen molar-refractivity contribution in [3.05, 3.63) is 0 Å². The van der Waals surface area contributed by atoms with Crippen molar-refractivity contribution in [2.24, 2.45) is 0 Å². The van der Waals surface area contributed by atoms with Crippen LogP contribution in [0.4, 0.5) is 0 Å². The molecule has 1 saturated carbocycles. The Morgan fingerprint density at radius 2 is 1.50 bits per heavy atom. The first-order valence-corrected chi connectivity index (χ1v) is 2.83. The van der Waals surface area contributed by atoms with Crippen LogP contribution in [0.1, 0.15) is 0 Å². The molecule has 1 fully saturated rings. The van der Waals surface area contributed by atoms with Gasteiger partial charge in [0.2, 0.25) is 0 Å². The first kappa shape index (κ1) is 4.82. The molecular weight excluding hydrogens is 139 g/mol. The summed E-state index contributed by atoms with van der Waals surface area (Å²) in [5, 5.41) is -0.0247. The monoisotopic (exact) mass is 140 g/mol. The minimum atomic E-state index is -0.0123. The number of halogens is 2. The maximum absolute atomic E-state index is 5.41. The number of hydrogen-bond donors (Lipinski definition) is 0. The molecular formula is C3H2Cl2S. The largest absolute Gasteiger partial charge is 0.115 e. The topological polar surface area (TPSA) is 0 Å². The Morgan fingerprint density at radius 1 is 1.33 bits per heavy atom. The average Bonchev–Trinajstić information content (AvgIpc) is 1.94. The Morgan fingerprint density at radius 3 is 1.50 bits per heavy atom. The van der Waals surface area contributed by atoms with E-state index < -0.39 is 0 Å². The number of alkyl halides is 2. The zero-order valence-corrected chi connectivity index (χ0v) is 5.15. The number of thiocarbonyl (C=S) groups is 1. The van der Waals surface area contributed by atoms with Crippen molar-refractivity contribution in [1.29, 1.82) is 0 Å². The Kier molecular flexibility index (Phi) is 1.06. The van der Waals surface area contributed by atoms with Crippen LogP contribution < -0.4 is 0 Å². The molecule has 0 N–H and O–H groups in total. The molecule has 0 aromatic carbocycles. The Hall–Kier alpha value is 0.670. The highest BCUT2D eigenvalue weighted by atomic mass is 35.5. The van der Waals surface area contributed by atoms with Crippen LogP contribution in [0.2, 0.25) is 0 Å². The SMILES string of the molecule is S=C1C(Cl)C1Cl. The first-order chi connectivity index (χ1) is 2.73. The molecule has 0 nitrogen and oxygen atoms in total. The van der Waals surface area contributed by atoms with Crippen LogP contribution >= 0.6 is 35.4 Å². The normalized spacial score (nSPS) is 43.3. The molecule has 0 saturated heterocycles. The van der Waals surface area contributed by atoms with E-state index in [4.69, 9.17) is 23.2 Å². The molecule has 2 unspecified atom stereocenters. The molecule has 0 aromatic rings. The fraction of sp³-hybridized carbons (Fsp3) is 0.667. The smallest absolute Gasteiger partial charge is 0.0873 e. The van der Waals surface area contributed by atoms with E-state index in [1.54, 1.807) is 0 Å². The van der Waals surface area contributed by atoms with Crippen LogP contribution in [-0.4, -0.2) is 15.6 Å². The summed E-state index contributed by atoms with van der Waals surface area (Å²) in [5.41, 5.74) is 0. The second kappa shape index (κ2) is 1.32. The van der Waals surface area contributed by atoms with E-state index in [-0.39, 0.29) is 10.8 Å². The van der Waals surface area contributed by atoms with Crippen LogP contribution in [0, 0.1) is 0 Å². The standard InChI is InChI=1S/C3H2Cl2S/c4-1-2(5)3(1)6/h1-2H. The summed E-state index contributed by atoms with van der Waals surface area (Å²) < 4.78 is 0. The molecule has 1 aliphatic rings. The lowest BCUT2D eigenvalue weighted by Crippen LogP contribution is -1.63. The highest BCUT2D eigenvalue weighted by molar-refractivity contribution is 7.81. The van der Waals surface area contributed by atoms with Crippen LogP contribution in [0.5, 0.6) is 0 Å². The van der Waals surface area contributed by atoms with Gasteiger partial charge in [0.15, 0.2) is 0 Å². The van der Waals surface area contributed by atoms with E-state index >= 15 is 0 Å². The third-order valence-electron chi connectivity index (χ3n) is 0.691. The van der Waals surface area contributed by atoms with E-state index in [0.717, 1.165) is 4.86 Å². The van der Waals surface area contributed by atoms with Gasteiger partial charge >= 0.3 is 0 Å². The van der Waals surface area contributed by atoms with E-state index in [2.05, 4.69) is 12.2 Å². The molecule has 0 aliphatic heterocycles. The van der Waals surface area contributed by atoms with Gasteiger partial charge in [-0.2, -0.15) is 0 Å². The zero-order chi connectivity index (χ0) is 4.73. The third-order valence-corrected chi connectivity index (χ3v) is 2.56. The molecule has 0 bridgehead atoms. The first-order valence-electron chi connectivity index (χ1n) is 1.55. The summed E-state index contributed by atoms with van der Waals surface area (Å²) in [7, 11) is 0. The average molecular weight is 141 g/mol. The molecule has 1 aliphatic carbocycles. The maximum Gasteiger partial charge on any atom is 0.0873 e. The lowest BCUT2D eigenvalue weighted by molar-refractivity contribution is 1.50. The highest BCUT2D eigenvalue weighted by Gasteiger charge is 2.41. The van der Waals surface area contributed by atoms with Crippen molar-refractivity contribution in [3.63, 3.8) is 0 Å². The van der Waals surface area contributed by atoms with Gasteiger partial charge in [-0.1, -0.05) is 12.2 Å². The summed E-state index contributed by atoms with van der Waals surface area (Å²) in [4.78, 5) is 0.790. The molecule has 2 atom stereocenters. The highest BCUT2D eigenvalue weighted by Crippen LogP contribution is 2.30. The van der Waals surface area contributed by atoms with Crippen molar-refractivity contribution in [1.82, 2.24) is 0 Å². The molecule has 0 aromatic heterocycles. The Labute approximate surface area is 51.4 Å². The van der Waals surface area contributed by atoms with Gasteiger partial charge in [-0.3, -0.25) is 0 Å². The van der Waals surface area contributed by atoms with Gasteiger partial charge in [0.25, 0.3) is 0 Å². The van der Waals surface area contributed by atoms with Crippen molar-refractivity contribution in [2.75, 3.05) is 0 Å². The predicted octanol–water partition coefficient (Wildman–Crippen LogP) is 1.58. The molecule has 6 heavy (non-hydrogen) atoms. The number of rotatable bonds is 0. The number of hydrogen-bond acceptors (Lipinski definition) is 1. The van der Waals surface area contributed by atoms with Gasteiger partial charge in [0.05, 0.1) is 10.8 Å². The predicted molar refractivity (Wildman–Crippen MR) is 31.9 cm³/mol. The van der Waals surface area contributed by atoms with Crippen LogP contribution in [0.3, 0.4) is 0 Å². The van der Waals surface area contributed by atoms with Gasteiger partial charge in [0, 0.05) is 4.86 Å². The summed E-state index contributed by atoms with van der Waals surface area (Å²) in [5.74, 6) is 0. The summed E-state index contributed by atoms with van der Waals surface area (Å²) >= 11 is 15.5. The van der Waals surface area contributed by atoms with Crippen molar-refractivity contribution in [2.45, 2.75) is 10.8 Å². The van der Waals surface area contributed by atoms with Gasteiger partial charge < -0.3 is 0 Å². The van der Waals surface area contributed by atoms with Crippen LogP contribution in [0.25, 0.3) is 0 Å². The second-order valence-electron chi connectivity index (χ2n) is 1.21. The lowest BCUT2D eigenvalue weighted by atomic mass is 11.0. The van der Waals surface area contributed by atoms with Gasteiger partial charge in [-0.25, -0.2) is 0 Å². The van der Waals surface area contributed by atoms with Crippen molar-refractivity contribution >= 4 is 40.3 Å². The Bertz CT molecular complexity index is 80.8. The molecule has 0 amide bonds. The molecule has 3 heteroatoms. The second-order valence-corrected chi connectivity index (χ2v) is 2.62. The lowest BCUT2D eigenvalue weighted by Gasteiger charge is -1.59. The fourth-order valence-corrected chi connectivity index (χ4v) is 0.997. The van der Waals surface area contributed by atoms with E-state index in [9.17, 15) is 0 Å². The van der Waals surface area contributed by atoms with Gasteiger partial charge in [-0.15, -0.1) is 23.2 Å². The molecule has 0 heterocycles.